The summed E-state index contributed by atoms with van der Waals surface area (Å²) in [5, 5.41) is 2.67. The highest BCUT2D eigenvalue weighted by atomic mass is 35.5. The zero-order chi connectivity index (χ0) is 20.8. The van der Waals surface area contributed by atoms with Gasteiger partial charge in [-0.2, -0.15) is 4.31 Å². The number of halogens is 1. The van der Waals surface area contributed by atoms with E-state index < -0.39 is 16.1 Å². The first-order chi connectivity index (χ1) is 13.8. The van der Waals surface area contributed by atoms with Crippen LogP contribution in [0.3, 0.4) is 0 Å². The van der Waals surface area contributed by atoms with Crippen LogP contribution in [-0.4, -0.2) is 61.7 Å². The van der Waals surface area contributed by atoms with Gasteiger partial charge in [-0.05, 0) is 25.8 Å². The summed E-state index contributed by atoms with van der Waals surface area (Å²) in [5.74, 6) is 0.189. The van der Waals surface area contributed by atoms with E-state index >= 15 is 0 Å². The molecule has 29 heavy (non-hydrogen) atoms. The van der Waals surface area contributed by atoms with Crippen LogP contribution in [0, 0.1) is 5.92 Å². The maximum Gasteiger partial charge on any atom is 0.265 e. The molecule has 1 atom stereocenters. The Morgan fingerprint density at radius 2 is 1.83 bits per heavy atom. The van der Waals surface area contributed by atoms with Gasteiger partial charge in [-0.1, -0.05) is 24.4 Å². The van der Waals surface area contributed by atoms with Crippen molar-refractivity contribution in [2.75, 3.05) is 31.5 Å². The van der Waals surface area contributed by atoms with Crippen molar-refractivity contribution in [1.82, 2.24) is 9.21 Å². The molecular weight excluding hydrogens is 418 g/mol. The van der Waals surface area contributed by atoms with Crippen LogP contribution in [0.5, 0.6) is 5.75 Å². The Kier molecular flexibility index (Phi) is 5.48. The lowest BCUT2D eigenvalue weighted by Crippen LogP contribution is -2.51. The Balaban J connectivity index is 1.50. The van der Waals surface area contributed by atoms with Crippen LogP contribution in [0.2, 0.25) is 5.02 Å². The highest BCUT2D eigenvalue weighted by molar-refractivity contribution is 7.89. The SMILES string of the molecule is C[C@@H]1Oc2cc(S(=O)(=O)N3CCN(C(=O)C4CCCC4)CC3)c(Cl)cc2NC1=O. The number of benzene rings is 1. The molecular formula is C19H24ClN3O5S. The molecule has 4 rings (SSSR count). The summed E-state index contributed by atoms with van der Waals surface area (Å²) in [6.45, 7) is 2.79. The van der Waals surface area contributed by atoms with Gasteiger partial charge >= 0.3 is 0 Å². The van der Waals surface area contributed by atoms with Gasteiger partial charge in [0.05, 0.1) is 10.7 Å². The Morgan fingerprint density at radius 3 is 2.48 bits per heavy atom. The largest absolute Gasteiger partial charge is 0.479 e. The highest BCUT2D eigenvalue weighted by Gasteiger charge is 2.35. The third-order valence-corrected chi connectivity index (χ3v) is 8.20. The summed E-state index contributed by atoms with van der Waals surface area (Å²) in [7, 11) is -3.85. The van der Waals surface area contributed by atoms with Gasteiger partial charge in [0.25, 0.3) is 5.91 Å². The smallest absolute Gasteiger partial charge is 0.265 e. The van der Waals surface area contributed by atoms with Crippen molar-refractivity contribution in [2.45, 2.75) is 43.6 Å². The number of rotatable bonds is 3. The first-order valence-corrected chi connectivity index (χ1v) is 11.7. The quantitative estimate of drug-likeness (QED) is 0.774. The standard InChI is InChI=1S/C19H24ClN3O5S/c1-12-18(24)21-15-10-14(20)17(11-16(15)28-12)29(26,27)23-8-6-22(7-9-23)19(25)13-4-2-3-5-13/h10-13H,2-9H2,1H3,(H,21,24)/t12-/m0/s1. The molecule has 1 N–H and O–H groups in total. The van der Waals surface area contributed by atoms with Gasteiger partial charge in [-0.3, -0.25) is 9.59 Å². The molecule has 158 valence electrons. The Morgan fingerprint density at radius 1 is 1.17 bits per heavy atom. The molecule has 0 unspecified atom stereocenters. The topological polar surface area (TPSA) is 96.0 Å². The summed E-state index contributed by atoms with van der Waals surface area (Å²) in [6, 6.07) is 2.76. The number of sulfonamides is 1. The molecule has 2 heterocycles. The van der Waals surface area contributed by atoms with E-state index in [9.17, 15) is 18.0 Å². The minimum atomic E-state index is -3.85. The second-order valence-electron chi connectivity index (χ2n) is 7.74. The van der Waals surface area contributed by atoms with Gasteiger partial charge in [-0.15, -0.1) is 0 Å². The van der Waals surface area contributed by atoms with Crippen molar-refractivity contribution in [1.29, 1.82) is 0 Å². The van der Waals surface area contributed by atoms with E-state index in [2.05, 4.69) is 5.32 Å². The zero-order valence-corrected chi connectivity index (χ0v) is 17.8. The van der Waals surface area contributed by atoms with E-state index in [-0.39, 0.29) is 46.5 Å². The molecule has 1 saturated heterocycles. The molecule has 8 nitrogen and oxygen atoms in total. The molecule has 0 radical (unpaired) electrons. The lowest BCUT2D eigenvalue weighted by molar-refractivity contribution is -0.136. The average molecular weight is 442 g/mol. The molecule has 1 aromatic carbocycles. The van der Waals surface area contributed by atoms with Gasteiger partial charge in [0.1, 0.15) is 10.6 Å². The van der Waals surface area contributed by atoms with Crippen LogP contribution in [0.4, 0.5) is 5.69 Å². The number of amides is 2. The highest BCUT2D eigenvalue weighted by Crippen LogP contribution is 2.38. The van der Waals surface area contributed by atoms with Gasteiger partial charge in [0.2, 0.25) is 15.9 Å². The molecule has 0 aromatic heterocycles. The molecule has 1 aromatic rings. The average Bonchev–Trinajstić information content (AvgIpc) is 3.23. The molecule has 10 heteroatoms. The Hall–Kier alpha value is -1.84. The maximum absolute atomic E-state index is 13.2. The lowest BCUT2D eigenvalue weighted by Gasteiger charge is -2.35. The van der Waals surface area contributed by atoms with Gasteiger partial charge in [-0.25, -0.2) is 8.42 Å². The van der Waals surface area contributed by atoms with Crippen molar-refractivity contribution < 1.29 is 22.7 Å². The molecule has 0 spiro atoms. The summed E-state index contributed by atoms with van der Waals surface area (Å²) < 4.78 is 33.2. The number of nitrogens with one attached hydrogen (secondary N) is 1. The lowest BCUT2D eigenvalue weighted by atomic mass is 10.1. The molecule has 2 amide bonds. The number of nitrogens with zero attached hydrogens (tertiary/aromatic N) is 2. The van der Waals surface area contributed by atoms with Crippen molar-refractivity contribution in [2.24, 2.45) is 5.92 Å². The first-order valence-electron chi connectivity index (χ1n) is 9.87. The van der Waals surface area contributed by atoms with Crippen LogP contribution in [0.1, 0.15) is 32.6 Å². The number of fused-ring (bicyclic) bond motifs is 1. The van der Waals surface area contributed by atoms with Gasteiger partial charge in [0.15, 0.2) is 6.10 Å². The van der Waals surface area contributed by atoms with Crippen molar-refractivity contribution in [3.8, 4) is 5.75 Å². The van der Waals surface area contributed by atoms with Crippen LogP contribution < -0.4 is 10.1 Å². The van der Waals surface area contributed by atoms with E-state index in [1.165, 1.54) is 16.4 Å². The number of anilines is 1. The third-order valence-electron chi connectivity index (χ3n) is 5.84. The third kappa shape index (κ3) is 3.83. The van der Waals surface area contributed by atoms with Crippen LogP contribution in [-0.2, 0) is 19.6 Å². The maximum atomic E-state index is 13.2. The zero-order valence-electron chi connectivity index (χ0n) is 16.2. The summed E-state index contributed by atoms with van der Waals surface area (Å²) >= 11 is 6.24. The second-order valence-corrected chi connectivity index (χ2v) is 10.1. The van der Waals surface area contributed by atoms with E-state index in [0.717, 1.165) is 25.7 Å². The molecule has 1 saturated carbocycles. The molecule has 0 bridgehead atoms. The Labute approximate surface area is 175 Å². The predicted octanol–water partition coefficient (Wildman–Crippen LogP) is 2.08. The fourth-order valence-corrected chi connectivity index (χ4v) is 6.06. The van der Waals surface area contributed by atoms with Crippen LogP contribution in [0.15, 0.2) is 17.0 Å². The van der Waals surface area contributed by atoms with Crippen molar-refractivity contribution >= 4 is 39.1 Å². The normalized spacial score (nSPS) is 23.4. The summed E-state index contributed by atoms with van der Waals surface area (Å²) in [4.78, 5) is 26.0. The van der Waals surface area contributed by atoms with E-state index in [4.69, 9.17) is 16.3 Å². The minimum absolute atomic E-state index is 0.0201. The number of hydrogen-bond acceptors (Lipinski definition) is 5. The molecule has 2 fully saturated rings. The minimum Gasteiger partial charge on any atom is -0.479 e. The first kappa shape index (κ1) is 20.4. The second kappa shape index (κ2) is 7.77. The fraction of sp³-hybridized carbons (Fsp3) is 0.579. The Bertz CT molecular complexity index is 937. The van der Waals surface area contributed by atoms with Crippen LogP contribution in [0.25, 0.3) is 0 Å². The fourth-order valence-electron chi connectivity index (χ4n) is 4.12. The molecule has 3 aliphatic rings. The van der Waals surface area contributed by atoms with Crippen LogP contribution >= 0.6 is 11.6 Å². The number of piperazine rings is 1. The summed E-state index contributed by atoms with van der Waals surface area (Å²) in [6.07, 6.45) is 3.31. The molecule has 2 aliphatic heterocycles. The number of ether oxygens (including phenoxy) is 1. The number of carbonyl (C=O) groups is 2. The van der Waals surface area contributed by atoms with E-state index in [1.54, 1.807) is 11.8 Å². The van der Waals surface area contributed by atoms with E-state index in [1.807, 2.05) is 0 Å². The van der Waals surface area contributed by atoms with Crippen molar-refractivity contribution in [3.05, 3.63) is 17.2 Å². The monoisotopic (exact) mass is 441 g/mol. The molecule has 1 aliphatic carbocycles. The predicted molar refractivity (Wildman–Crippen MR) is 107 cm³/mol. The summed E-state index contributed by atoms with van der Waals surface area (Å²) in [5.41, 5.74) is 0.351. The van der Waals surface area contributed by atoms with Gasteiger partial charge < -0.3 is 15.0 Å². The number of carbonyl (C=O) groups excluding carboxylic acids is 2. The number of hydrogen-bond donors (Lipinski definition) is 1. The van der Waals surface area contributed by atoms with E-state index in [0.29, 0.717) is 18.8 Å². The van der Waals surface area contributed by atoms with Crippen molar-refractivity contribution in [3.63, 3.8) is 0 Å². The van der Waals surface area contributed by atoms with Gasteiger partial charge in [0, 0.05) is 38.2 Å².